The fourth-order valence-electron chi connectivity index (χ4n) is 2.11. The summed E-state index contributed by atoms with van der Waals surface area (Å²) in [6, 6.07) is 3.86. The first-order valence-corrected chi connectivity index (χ1v) is 7.72. The van der Waals surface area contributed by atoms with Gasteiger partial charge in [0.05, 0.1) is 10.4 Å². The van der Waals surface area contributed by atoms with Gasteiger partial charge in [-0.2, -0.15) is 0 Å². The van der Waals surface area contributed by atoms with E-state index in [1.165, 1.54) is 29.5 Å². The molecular formula is C15H12ClFN2O2S. The molecule has 1 N–H and O–H groups in total. The maximum atomic E-state index is 13.0. The Balaban J connectivity index is 1.90. The monoisotopic (exact) mass is 338 g/mol. The first-order chi connectivity index (χ1) is 10.5. The quantitative estimate of drug-likeness (QED) is 0.786. The minimum absolute atomic E-state index is 0.0481. The SMILES string of the molecule is Cc1sc2nc(COc3ccc(F)cc3Cl)[nH]c(=O)c2c1C. The van der Waals surface area contributed by atoms with Gasteiger partial charge in [0, 0.05) is 4.88 Å². The summed E-state index contributed by atoms with van der Waals surface area (Å²) in [5, 5.41) is 0.789. The second-order valence-corrected chi connectivity index (χ2v) is 6.45. The number of halogens is 2. The zero-order chi connectivity index (χ0) is 15.9. The van der Waals surface area contributed by atoms with Crippen LogP contribution in [0.5, 0.6) is 5.75 Å². The lowest BCUT2D eigenvalue weighted by Gasteiger charge is -2.07. The van der Waals surface area contributed by atoms with E-state index < -0.39 is 5.82 Å². The number of benzene rings is 1. The van der Waals surface area contributed by atoms with Gasteiger partial charge in [-0.3, -0.25) is 4.79 Å². The largest absolute Gasteiger partial charge is 0.484 e. The van der Waals surface area contributed by atoms with Gasteiger partial charge in [-0.05, 0) is 37.6 Å². The highest BCUT2D eigenvalue weighted by atomic mass is 35.5. The smallest absolute Gasteiger partial charge is 0.260 e. The van der Waals surface area contributed by atoms with Crippen molar-refractivity contribution in [2.24, 2.45) is 0 Å². The van der Waals surface area contributed by atoms with Crippen molar-refractivity contribution in [2.75, 3.05) is 0 Å². The minimum atomic E-state index is -0.435. The summed E-state index contributed by atoms with van der Waals surface area (Å²) < 4.78 is 18.5. The number of aryl methyl sites for hydroxylation is 2. The van der Waals surface area contributed by atoms with Crippen molar-refractivity contribution >= 4 is 33.2 Å². The molecule has 3 aromatic rings. The van der Waals surface area contributed by atoms with Gasteiger partial charge in [0.1, 0.15) is 28.8 Å². The Morgan fingerprint density at radius 1 is 1.41 bits per heavy atom. The van der Waals surface area contributed by atoms with Gasteiger partial charge in [-0.1, -0.05) is 11.6 Å². The lowest BCUT2D eigenvalue weighted by Crippen LogP contribution is -2.13. The van der Waals surface area contributed by atoms with Crippen molar-refractivity contribution in [2.45, 2.75) is 20.5 Å². The Bertz CT molecular complexity index is 920. The summed E-state index contributed by atoms with van der Waals surface area (Å²) >= 11 is 7.36. The van der Waals surface area contributed by atoms with Crippen molar-refractivity contribution in [3.05, 3.63) is 55.7 Å². The van der Waals surface area contributed by atoms with E-state index in [1.54, 1.807) is 0 Å². The van der Waals surface area contributed by atoms with Gasteiger partial charge in [0.2, 0.25) is 0 Å². The van der Waals surface area contributed by atoms with Crippen LogP contribution in [0.4, 0.5) is 4.39 Å². The first kappa shape index (κ1) is 15.0. The van der Waals surface area contributed by atoms with E-state index in [-0.39, 0.29) is 17.2 Å². The molecule has 0 aliphatic rings. The van der Waals surface area contributed by atoms with Crippen LogP contribution in [0.1, 0.15) is 16.3 Å². The van der Waals surface area contributed by atoms with Crippen molar-refractivity contribution in [1.29, 1.82) is 0 Å². The molecule has 0 unspecified atom stereocenters. The van der Waals surface area contributed by atoms with E-state index in [0.29, 0.717) is 21.8 Å². The van der Waals surface area contributed by atoms with Gasteiger partial charge < -0.3 is 9.72 Å². The van der Waals surface area contributed by atoms with Crippen LogP contribution in [0.15, 0.2) is 23.0 Å². The Hall–Kier alpha value is -1.92. The summed E-state index contributed by atoms with van der Waals surface area (Å²) in [6.45, 7) is 3.90. The highest BCUT2D eigenvalue weighted by Gasteiger charge is 2.12. The minimum Gasteiger partial charge on any atom is -0.484 e. The normalized spacial score (nSPS) is 11.1. The van der Waals surface area contributed by atoms with E-state index >= 15 is 0 Å². The summed E-state index contributed by atoms with van der Waals surface area (Å²) in [4.78, 5) is 21.0. The predicted octanol–water partition coefficient (Wildman–Crippen LogP) is 3.97. The molecule has 0 saturated carbocycles. The number of hydrogen-bond donors (Lipinski definition) is 1. The fourth-order valence-corrected chi connectivity index (χ4v) is 3.38. The van der Waals surface area contributed by atoms with Crippen molar-refractivity contribution in [3.63, 3.8) is 0 Å². The first-order valence-electron chi connectivity index (χ1n) is 6.52. The second-order valence-electron chi connectivity index (χ2n) is 4.84. The van der Waals surface area contributed by atoms with E-state index in [9.17, 15) is 9.18 Å². The molecule has 0 amide bonds. The van der Waals surface area contributed by atoms with E-state index in [1.807, 2.05) is 13.8 Å². The molecule has 0 bridgehead atoms. The molecule has 114 valence electrons. The number of H-pyrrole nitrogens is 1. The number of thiophene rings is 1. The molecule has 0 radical (unpaired) electrons. The number of rotatable bonds is 3. The third-order valence-electron chi connectivity index (χ3n) is 3.35. The molecule has 2 heterocycles. The van der Waals surface area contributed by atoms with Gasteiger partial charge in [0.15, 0.2) is 0 Å². The molecule has 0 aliphatic carbocycles. The summed E-state index contributed by atoms with van der Waals surface area (Å²) in [5.41, 5.74) is 0.762. The van der Waals surface area contributed by atoms with Crippen LogP contribution in [-0.2, 0) is 6.61 Å². The van der Waals surface area contributed by atoms with E-state index in [2.05, 4.69) is 9.97 Å². The number of nitrogens with zero attached hydrogens (tertiary/aromatic N) is 1. The van der Waals surface area contributed by atoms with Crippen LogP contribution >= 0.6 is 22.9 Å². The summed E-state index contributed by atoms with van der Waals surface area (Å²) in [7, 11) is 0. The third-order valence-corrected chi connectivity index (χ3v) is 4.74. The van der Waals surface area contributed by atoms with Crippen LogP contribution in [-0.4, -0.2) is 9.97 Å². The van der Waals surface area contributed by atoms with Gasteiger partial charge in [0.25, 0.3) is 5.56 Å². The molecule has 1 aromatic carbocycles. The summed E-state index contributed by atoms with van der Waals surface area (Å²) in [5.74, 6) is 0.304. The number of nitrogens with one attached hydrogen (secondary N) is 1. The molecule has 0 atom stereocenters. The van der Waals surface area contributed by atoms with Crippen LogP contribution in [0.3, 0.4) is 0 Å². The Kier molecular flexibility index (Phi) is 3.88. The average Bonchev–Trinajstić information content (AvgIpc) is 2.73. The lowest BCUT2D eigenvalue weighted by molar-refractivity contribution is 0.296. The fraction of sp³-hybridized carbons (Fsp3) is 0.200. The molecule has 0 aliphatic heterocycles. The Morgan fingerprint density at radius 2 is 2.18 bits per heavy atom. The van der Waals surface area contributed by atoms with Gasteiger partial charge in [-0.15, -0.1) is 11.3 Å². The lowest BCUT2D eigenvalue weighted by atomic mass is 10.2. The molecule has 22 heavy (non-hydrogen) atoms. The summed E-state index contributed by atoms with van der Waals surface area (Å²) in [6.07, 6.45) is 0. The molecule has 2 aromatic heterocycles. The predicted molar refractivity (Wildman–Crippen MR) is 85.5 cm³/mol. The number of fused-ring (bicyclic) bond motifs is 1. The number of ether oxygens (including phenoxy) is 1. The van der Waals surface area contributed by atoms with Crippen LogP contribution in [0, 0.1) is 19.7 Å². The van der Waals surface area contributed by atoms with Crippen molar-refractivity contribution in [3.8, 4) is 5.75 Å². The molecule has 0 spiro atoms. The molecule has 3 rings (SSSR count). The molecule has 0 fully saturated rings. The molecule has 4 nitrogen and oxygen atoms in total. The van der Waals surface area contributed by atoms with E-state index in [4.69, 9.17) is 16.3 Å². The molecule has 7 heteroatoms. The second kappa shape index (κ2) is 5.70. The Labute approximate surface area is 134 Å². The maximum absolute atomic E-state index is 13.0. The topological polar surface area (TPSA) is 55.0 Å². The maximum Gasteiger partial charge on any atom is 0.260 e. The van der Waals surface area contributed by atoms with Crippen LogP contribution in [0.2, 0.25) is 5.02 Å². The zero-order valence-corrected chi connectivity index (χ0v) is 13.4. The zero-order valence-electron chi connectivity index (χ0n) is 11.9. The van der Waals surface area contributed by atoms with Crippen LogP contribution in [0.25, 0.3) is 10.2 Å². The Morgan fingerprint density at radius 3 is 2.91 bits per heavy atom. The number of hydrogen-bond acceptors (Lipinski definition) is 4. The highest BCUT2D eigenvalue weighted by Crippen LogP contribution is 2.27. The van der Waals surface area contributed by atoms with Crippen molar-refractivity contribution < 1.29 is 9.13 Å². The number of aromatic nitrogens is 2. The van der Waals surface area contributed by atoms with Gasteiger partial charge >= 0.3 is 0 Å². The standard InChI is InChI=1S/C15H12ClFN2O2S/c1-7-8(2)22-15-13(7)14(20)18-12(19-15)6-21-11-4-3-9(17)5-10(11)16/h3-5H,6H2,1-2H3,(H,18,19,20). The van der Waals surface area contributed by atoms with Crippen LogP contribution < -0.4 is 10.3 Å². The highest BCUT2D eigenvalue weighted by molar-refractivity contribution is 7.18. The van der Waals surface area contributed by atoms with Gasteiger partial charge in [-0.25, -0.2) is 9.37 Å². The third kappa shape index (κ3) is 2.71. The molecular weight excluding hydrogens is 327 g/mol. The average molecular weight is 339 g/mol. The van der Waals surface area contributed by atoms with Crippen molar-refractivity contribution in [1.82, 2.24) is 9.97 Å². The van der Waals surface area contributed by atoms with E-state index in [0.717, 1.165) is 10.4 Å². The number of aromatic amines is 1. The molecule has 0 saturated heterocycles.